The van der Waals surface area contributed by atoms with Crippen LogP contribution in [0.2, 0.25) is 0 Å². The molecule has 6 heteroatoms. The van der Waals surface area contributed by atoms with Crippen LogP contribution in [-0.4, -0.2) is 19.0 Å². The molecule has 2 aromatic rings. The van der Waals surface area contributed by atoms with Crippen LogP contribution in [0.4, 0.5) is 4.39 Å². The number of benzene rings is 1. The first-order valence-electron chi connectivity index (χ1n) is 7.46. The minimum atomic E-state index is -0.417. The molecule has 0 radical (unpaired) electrons. The number of aliphatic imine (C=N–C) groups is 1. The predicted octanol–water partition coefficient (Wildman–Crippen LogP) is 2.59. The molecule has 0 saturated heterocycles. The van der Waals surface area contributed by atoms with Crippen molar-refractivity contribution in [3.05, 3.63) is 59.3 Å². The number of nitriles is 1. The van der Waals surface area contributed by atoms with E-state index in [0.717, 1.165) is 12.2 Å². The highest BCUT2D eigenvalue weighted by molar-refractivity contribution is 5.79. The van der Waals surface area contributed by atoms with Gasteiger partial charge in [-0.05, 0) is 31.2 Å². The molecule has 0 aliphatic rings. The van der Waals surface area contributed by atoms with E-state index in [0.29, 0.717) is 30.2 Å². The van der Waals surface area contributed by atoms with Gasteiger partial charge in [0.2, 0.25) is 0 Å². The molecule has 120 valence electrons. The molecule has 0 aliphatic heterocycles. The van der Waals surface area contributed by atoms with Gasteiger partial charge in [-0.2, -0.15) is 5.26 Å². The van der Waals surface area contributed by atoms with Crippen LogP contribution in [-0.2, 0) is 13.0 Å². The average molecular weight is 314 g/mol. The van der Waals surface area contributed by atoms with Gasteiger partial charge in [0.25, 0.3) is 0 Å². The van der Waals surface area contributed by atoms with Crippen molar-refractivity contribution >= 4 is 5.96 Å². The molecule has 0 aliphatic carbocycles. The Balaban J connectivity index is 1.94. The van der Waals surface area contributed by atoms with Crippen LogP contribution in [0.5, 0.6) is 0 Å². The first-order chi connectivity index (χ1) is 11.2. The number of furan rings is 1. The minimum absolute atomic E-state index is 0.202. The summed E-state index contributed by atoms with van der Waals surface area (Å²) in [4.78, 5) is 4.36. The van der Waals surface area contributed by atoms with Crippen molar-refractivity contribution in [2.24, 2.45) is 4.99 Å². The summed E-state index contributed by atoms with van der Waals surface area (Å²) in [5.41, 5.74) is 0.756. The van der Waals surface area contributed by atoms with Gasteiger partial charge < -0.3 is 15.1 Å². The Morgan fingerprint density at radius 1 is 1.35 bits per heavy atom. The number of guanidine groups is 1. The predicted molar refractivity (Wildman–Crippen MR) is 86.3 cm³/mol. The Kier molecular flexibility index (Phi) is 6.18. The maximum absolute atomic E-state index is 13.8. The van der Waals surface area contributed by atoms with Gasteiger partial charge in [0.05, 0.1) is 24.4 Å². The van der Waals surface area contributed by atoms with Crippen molar-refractivity contribution in [3.63, 3.8) is 0 Å². The summed E-state index contributed by atoms with van der Waals surface area (Å²) in [7, 11) is 0. The van der Waals surface area contributed by atoms with Crippen molar-refractivity contribution in [1.82, 2.24) is 10.6 Å². The Morgan fingerprint density at radius 3 is 2.87 bits per heavy atom. The SMILES string of the molecule is CCNC(=NCc1ccc(C#N)cc1F)NCCc1ccco1. The lowest BCUT2D eigenvalue weighted by Crippen LogP contribution is -2.38. The highest BCUT2D eigenvalue weighted by atomic mass is 19.1. The van der Waals surface area contributed by atoms with Gasteiger partial charge >= 0.3 is 0 Å². The number of nitrogens with one attached hydrogen (secondary N) is 2. The first kappa shape index (κ1) is 16.6. The molecule has 2 N–H and O–H groups in total. The molecule has 0 amide bonds. The Bertz CT molecular complexity index is 689. The number of halogens is 1. The lowest BCUT2D eigenvalue weighted by Gasteiger charge is -2.11. The van der Waals surface area contributed by atoms with E-state index < -0.39 is 5.82 Å². The van der Waals surface area contributed by atoms with Crippen LogP contribution < -0.4 is 10.6 Å². The molecule has 0 fully saturated rings. The number of hydrogen-bond acceptors (Lipinski definition) is 3. The van der Waals surface area contributed by atoms with Crippen molar-refractivity contribution < 1.29 is 8.81 Å². The monoisotopic (exact) mass is 314 g/mol. The van der Waals surface area contributed by atoms with E-state index in [1.807, 2.05) is 25.1 Å². The Morgan fingerprint density at radius 2 is 2.22 bits per heavy atom. The summed E-state index contributed by atoms with van der Waals surface area (Å²) in [6.07, 6.45) is 2.38. The third-order valence-electron chi connectivity index (χ3n) is 3.18. The molecule has 5 nitrogen and oxygen atoms in total. The van der Waals surface area contributed by atoms with Gasteiger partial charge in [0.15, 0.2) is 5.96 Å². The zero-order valence-electron chi connectivity index (χ0n) is 13.0. The van der Waals surface area contributed by atoms with Crippen LogP contribution in [0.3, 0.4) is 0 Å². The third-order valence-corrected chi connectivity index (χ3v) is 3.18. The van der Waals surface area contributed by atoms with Crippen molar-refractivity contribution in [3.8, 4) is 6.07 Å². The number of rotatable bonds is 6. The van der Waals surface area contributed by atoms with Gasteiger partial charge in [-0.25, -0.2) is 9.38 Å². The van der Waals surface area contributed by atoms with E-state index in [-0.39, 0.29) is 6.54 Å². The summed E-state index contributed by atoms with van der Waals surface area (Å²) in [5, 5.41) is 15.0. The largest absolute Gasteiger partial charge is 0.469 e. The zero-order valence-corrected chi connectivity index (χ0v) is 13.0. The van der Waals surface area contributed by atoms with Gasteiger partial charge in [-0.15, -0.1) is 0 Å². The highest BCUT2D eigenvalue weighted by Crippen LogP contribution is 2.11. The van der Waals surface area contributed by atoms with Gasteiger partial charge in [-0.1, -0.05) is 6.07 Å². The second-order valence-electron chi connectivity index (χ2n) is 4.87. The summed E-state index contributed by atoms with van der Waals surface area (Å²) in [6.45, 7) is 3.54. The van der Waals surface area contributed by atoms with Crippen LogP contribution in [0.25, 0.3) is 0 Å². The van der Waals surface area contributed by atoms with Crippen LogP contribution in [0.15, 0.2) is 46.0 Å². The molecule has 0 saturated carbocycles. The Hall–Kier alpha value is -2.81. The molecule has 0 spiro atoms. The summed E-state index contributed by atoms with van der Waals surface area (Å²) in [6, 6.07) is 10.1. The van der Waals surface area contributed by atoms with E-state index in [1.54, 1.807) is 18.4 Å². The minimum Gasteiger partial charge on any atom is -0.469 e. The average Bonchev–Trinajstić information content (AvgIpc) is 3.06. The first-order valence-corrected chi connectivity index (χ1v) is 7.46. The standard InChI is InChI=1S/C17H19FN4O/c1-2-20-17(21-8-7-15-4-3-9-23-15)22-12-14-6-5-13(11-19)10-16(14)18/h3-6,9-10H,2,7-8,12H2,1H3,(H2,20,21,22). The molecule has 1 aromatic carbocycles. The van der Waals surface area contributed by atoms with Gasteiger partial charge in [0.1, 0.15) is 11.6 Å². The molecule has 0 unspecified atom stereocenters. The lowest BCUT2D eigenvalue weighted by atomic mass is 10.1. The second-order valence-corrected chi connectivity index (χ2v) is 4.87. The number of hydrogen-bond donors (Lipinski definition) is 2. The van der Waals surface area contributed by atoms with Crippen molar-refractivity contribution in [2.45, 2.75) is 19.9 Å². The lowest BCUT2D eigenvalue weighted by molar-refractivity contribution is 0.507. The fourth-order valence-electron chi connectivity index (χ4n) is 2.01. The summed E-state index contributed by atoms with van der Waals surface area (Å²) >= 11 is 0. The number of nitrogens with zero attached hydrogens (tertiary/aromatic N) is 2. The van der Waals surface area contributed by atoms with Gasteiger partial charge in [-0.3, -0.25) is 0 Å². The molecule has 0 bridgehead atoms. The maximum Gasteiger partial charge on any atom is 0.191 e. The van der Waals surface area contributed by atoms with Crippen LogP contribution in [0, 0.1) is 17.1 Å². The molecule has 1 aromatic heterocycles. The molecule has 23 heavy (non-hydrogen) atoms. The highest BCUT2D eigenvalue weighted by Gasteiger charge is 2.04. The molecular formula is C17H19FN4O. The normalized spacial score (nSPS) is 11.1. The zero-order chi connectivity index (χ0) is 16.5. The topological polar surface area (TPSA) is 73.3 Å². The molecular weight excluding hydrogens is 295 g/mol. The van der Waals surface area contributed by atoms with E-state index in [2.05, 4.69) is 15.6 Å². The van der Waals surface area contributed by atoms with Gasteiger partial charge in [0, 0.05) is 25.1 Å². The quantitative estimate of drug-likeness (QED) is 0.635. The Labute approximate surface area is 134 Å². The van der Waals surface area contributed by atoms with Crippen LogP contribution >= 0.6 is 0 Å². The second kappa shape index (κ2) is 8.59. The maximum atomic E-state index is 13.8. The van der Waals surface area contributed by atoms with Crippen molar-refractivity contribution in [2.75, 3.05) is 13.1 Å². The van der Waals surface area contributed by atoms with E-state index in [9.17, 15) is 4.39 Å². The molecule has 1 heterocycles. The van der Waals surface area contributed by atoms with E-state index >= 15 is 0 Å². The fraction of sp³-hybridized carbons (Fsp3) is 0.294. The fourth-order valence-corrected chi connectivity index (χ4v) is 2.01. The molecule has 2 rings (SSSR count). The van der Waals surface area contributed by atoms with Crippen LogP contribution in [0.1, 0.15) is 23.8 Å². The molecule has 0 atom stereocenters. The van der Waals surface area contributed by atoms with Crippen molar-refractivity contribution in [1.29, 1.82) is 5.26 Å². The summed E-state index contributed by atoms with van der Waals surface area (Å²) in [5.74, 6) is 1.09. The van der Waals surface area contributed by atoms with E-state index in [1.165, 1.54) is 6.07 Å². The smallest absolute Gasteiger partial charge is 0.191 e. The van der Waals surface area contributed by atoms with E-state index in [4.69, 9.17) is 9.68 Å². The summed E-state index contributed by atoms with van der Waals surface area (Å²) < 4.78 is 19.1. The third kappa shape index (κ3) is 5.15.